The van der Waals surface area contributed by atoms with Crippen LogP contribution in [0.1, 0.15) is 32.9 Å². The van der Waals surface area contributed by atoms with Gasteiger partial charge in [-0.3, -0.25) is 9.59 Å². The lowest BCUT2D eigenvalue weighted by Gasteiger charge is -2.30. The molecule has 4 heterocycles. The van der Waals surface area contributed by atoms with Gasteiger partial charge in [-0.05, 0) is 40.8 Å². The highest BCUT2D eigenvalue weighted by Crippen LogP contribution is 2.25. The summed E-state index contributed by atoms with van der Waals surface area (Å²) in [5, 5.41) is 1.99. The smallest absolute Gasteiger partial charge is 0.270 e. The highest BCUT2D eigenvalue weighted by molar-refractivity contribution is 7.17. The van der Waals surface area contributed by atoms with Crippen LogP contribution >= 0.6 is 11.3 Å². The minimum Gasteiger partial charge on any atom is -0.350 e. The molecule has 152 valence electrons. The van der Waals surface area contributed by atoms with Crippen molar-refractivity contribution in [2.45, 2.75) is 19.4 Å². The Balaban J connectivity index is 1.46. The number of carbonyl (C=O) groups is 1. The zero-order valence-corrected chi connectivity index (χ0v) is 17.3. The lowest BCUT2D eigenvalue weighted by molar-refractivity contribution is 0.0727. The van der Waals surface area contributed by atoms with Crippen LogP contribution < -0.4 is 5.56 Å². The number of thiophene rings is 1. The molecule has 1 aliphatic rings. The molecule has 1 aromatic carbocycles. The molecule has 1 aliphatic heterocycles. The van der Waals surface area contributed by atoms with Crippen LogP contribution in [0.3, 0.4) is 0 Å². The van der Waals surface area contributed by atoms with Gasteiger partial charge in [0.15, 0.2) is 0 Å². The van der Waals surface area contributed by atoms with E-state index in [-0.39, 0.29) is 23.7 Å². The summed E-state index contributed by atoms with van der Waals surface area (Å²) in [4.78, 5) is 30.8. The molecule has 5 rings (SSSR count). The summed E-state index contributed by atoms with van der Waals surface area (Å²) in [5.41, 5.74) is 4.35. The summed E-state index contributed by atoms with van der Waals surface area (Å²) in [7, 11) is 1.75. The van der Waals surface area contributed by atoms with E-state index in [2.05, 4.69) is 4.98 Å². The SMILES string of the molecule is Cn1c2c(cc(Cc3ccccc3F)c1=O)CN(C(=O)c1cc3sccc3[nH]1)CC2. The van der Waals surface area contributed by atoms with Gasteiger partial charge in [0.1, 0.15) is 11.5 Å². The van der Waals surface area contributed by atoms with Gasteiger partial charge in [0.2, 0.25) is 0 Å². The van der Waals surface area contributed by atoms with E-state index in [9.17, 15) is 14.0 Å². The molecule has 0 fully saturated rings. The van der Waals surface area contributed by atoms with Crippen molar-refractivity contribution in [3.8, 4) is 0 Å². The first kappa shape index (κ1) is 18.8. The molecule has 0 atom stereocenters. The van der Waals surface area contributed by atoms with E-state index in [1.54, 1.807) is 46.1 Å². The van der Waals surface area contributed by atoms with Gasteiger partial charge in [-0.2, -0.15) is 0 Å². The van der Waals surface area contributed by atoms with E-state index in [0.717, 1.165) is 21.5 Å². The third-order valence-electron chi connectivity index (χ3n) is 5.78. The highest BCUT2D eigenvalue weighted by Gasteiger charge is 2.26. The molecule has 7 heteroatoms. The Hall–Kier alpha value is -3.19. The van der Waals surface area contributed by atoms with E-state index < -0.39 is 0 Å². The van der Waals surface area contributed by atoms with Gasteiger partial charge in [-0.1, -0.05) is 18.2 Å². The molecular formula is C23H20FN3O2S. The average molecular weight is 421 g/mol. The zero-order valence-electron chi connectivity index (χ0n) is 16.4. The van der Waals surface area contributed by atoms with Crippen molar-refractivity contribution in [3.63, 3.8) is 0 Å². The maximum absolute atomic E-state index is 14.1. The molecule has 1 N–H and O–H groups in total. The van der Waals surface area contributed by atoms with Crippen molar-refractivity contribution in [2.24, 2.45) is 7.05 Å². The second-order valence-electron chi connectivity index (χ2n) is 7.63. The molecule has 30 heavy (non-hydrogen) atoms. The van der Waals surface area contributed by atoms with Crippen LogP contribution in [0.2, 0.25) is 0 Å². The number of amides is 1. The van der Waals surface area contributed by atoms with E-state index in [1.807, 2.05) is 23.6 Å². The lowest BCUT2D eigenvalue weighted by Crippen LogP contribution is -2.39. The highest BCUT2D eigenvalue weighted by atomic mass is 32.1. The van der Waals surface area contributed by atoms with Crippen LogP contribution in [-0.4, -0.2) is 26.9 Å². The Morgan fingerprint density at radius 1 is 1.20 bits per heavy atom. The summed E-state index contributed by atoms with van der Waals surface area (Å²) < 4.78 is 16.8. The van der Waals surface area contributed by atoms with Crippen molar-refractivity contribution >= 4 is 27.5 Å². The number of nitrogens with zero attached hydrogens (tertiary/aromatic N) is 2. The summed E-state index contributed by atoms with van der Waals surface area (Å²) in [6.07, 6.45) is 0.843. The Morgan fingerprint density at radius 3 is 2.83 bits per heavy atom. The molecule has 4 aromatic rings. The molecule has 0 radical (unpaired) electrons. The first-order valence-electron chi connectivity index (χ1n) is 9.81. The number of carbonyl (C=O) groups excluding carboxylic acids is 1. The largest absolute Gasteiger partial charge is 0.350 e. The fourth-order valence-corrected chi connectivity index (χ4v) is 4.96. The third kappa shape index (κ3) is 3.15. The number of H-pyrrole nitrogens is 1. The first-order chi connectivity index (χ1) is 14.5. The van der Waals surface area contributed by atoms with Crippen molar-refractivity contribution < 1.29 is 9.18 Å². The maximum Gasteiger partial charge on any atom is 0.270 e. The summed E-state index contributed by atoms with van der Waals surface area (Å²) in [6, 6.07) is 12.2. The molecule has 0 saturated carbocycles. The predicted octanol–water partition coefficient (Wildman–Crippen LogP) is 3.86. The molecule has 1 amide bonds. The summed E-state index contributed by atoms with van der Waals surface area (Å²) >= 11 is 1.60. The first-order valence-corrected chi connectivity index (χ1v) is 10.7. The minimum absolute atomic E-state index is 0.0476. The van der Waals surface area contributed by atoms with E-state index in [4.69, 9.17) is 0 Å². The molecule has 0 unspecified atom stereocenters. The van der Waals surface area contributed by atoms with Gasteiger partial charge in [0, 0.05) is 44.2 Å². The Morgan fingerprint density at radius 2 is 2.03 bits per heavy atom. The van der Waals surface area contributed by atoms with Crippen LogP contribution in [-0.2, 0) is 26.4 Å². The van der Waals surface area contributed by atoms with Gasteiger partial charge in [0.05, 0.1) is 10.2 Å². The number of pyridine rings is 1. The molecule has 0 saturated heterocycles. The van der Waals surface area contributed by atoms with Gasteiger partial charge >= 0.3 is 0 Å². The maximum atomic E-state index is 14.1. The van der Waals surface area contributed by atoms with Crippen LogP contribution in [0.25, 0.3) is 10.2 Å². The number of hydrogen-bond acceptors (Lipinski definition) is 3. The van der Waals surface area contributed by atoms with E-state index >= 15 is 0 Å². The van der Waals surface area contributed by atoms with Crippen LogP contribution in [0, 0.1) is 5.82 Å². The third-order valence-corrected chi connectivity index (χ3v) is 6.64. The van der Waals surface area contributed by atoms with Gasteiger partial charge in [0.25, 0.3) is 11.5 Å². The molecule has 3 aromatic heterocycles. The van der Waals surface area contributed by atoms with Gasteiger partial charge < -0.3 is 14.5 Å². The number of nitrogens with one attached hydrogen (secondary N) is 1. The molecule has 5 nitrogen and oxygen atoms in total. The van der Waals surface area contributed by atoms with Crippen molar-refractivity contribution in [1.29, 1.82) is 0 Å². The Kier molecular flexibility index (Phi) is 4.55. The number of aromatic nitrogens is 2. The van der Waals surface area contributed by atoms with E-state index in [0.29, 0.717) is 36.3 Å². The number of benzene rings is 1. The predicted molar refractivity (Wildman–Crippen MR) is 116 cm³/mol. The number of fused-ring (bicyclic) bond motifs is 2. The monoisotopic (exact) mass is 421 g/mol. The quantitative estimate of drug-likeness (QED) is 0.546. The minimum atomic E-state index is -0.319. The van der Waals surface area contributed by atoms with Crippen molar-refractivity contribution in [2.75, 3.05) is 6.54 Å². The van der Waals surface area contributed by atoms with E-state index in [1.165, 1.54) is 6.07 Å². The van der Waals surface area contributed by atoms with Crippen molar-refractivity contribution in [3.05, 3.63) is 92.1 Å². The fraction of sp³-hybridized carbons (Fsp3) is 0.217. The Labute approximate surface area is 176 Å². The zero-order chi connectivity index (χ0) is 20.8. The second-order valence-corrected chi connectivity index (χ2v) is 8.58. The normalized spacial score (nSPS) is 13.6. The number of rotatable bonds is 3. The lowest BCUT2D eigenvalue weighted by atomic mass is 9.99. The van der Waals surface area contributed by atoms with Crippen molar-refractivity contribution in [1.82, 2.24) is 14.5 Å². The fourth-order valence-electron chi connectivity index (χ4n) is 4.18. The number of halogens is 1. The van der Waals surface area contributed by atoms with Crippen LogP contribution in [0.15, 0.2) is 52.6 Å². The summed E-state index contributed by atoms with van der Waals surface area (Å²) in [5.74, 6) is -0.366. The van der Waals surface area contributed by atoms with Gasteiger partial charge in [-0.15, -0.1) is 11.3 Å². The van der Waals surface area contributed by atoms with Crippen LogP contribution in [0.5, 0.6) is 0 Å². The molecule has 0 bridgehead atoms. The standard InChI is InChI=1S/C23H20FN3O2S/c1-26-20-6-8-27(23(29)19-12-21-18(25-19)7-9-30-21)13-16(20)11-15(22(26)28)10-14-4-2-3-5-17(14)24/h2-5,7,9,11-12,25H,6,8,10,13H2,1H3. The average Bonchev–Trinajstić information content (AvgIpc) is 3.35. The molecule has 0 aliphatic carbocycles. The number of aromatic amines is 1. The molecule has 0 spiro atoms. The van der Waals surface area contributed by atoms with Crippen LogP contribution in [0.4, 0.5) is 4.39 Å². The number of hydrogen-bond donors (Lipinski definition) is 1. The van der Waals surface area contributed by atoms with Gasteiger partial charge in [-0.25, -0.2) is 4.39 Å². The second kappa shape index (κ2) is 7.25. The summed E-state index contributed by atoms with van der Waals surface area (Å²) in [6.45, 7) is 0.984. The molecular weight excluding hydrogens is 401 g/mol. The topological polar surface area (TPSA) is 58.1 Å². The Bertz CT molecular complexity index is 1310.